The third-order valence-electron chi connectivity index (χ3n) is 3.57. The Kier molecular flexibility index (Phi) is 2.94. The molecule has 110 valence electrons. The number of aromatic nitrogens is 2. The van der Waals surface area contributed by atoms with E-state index in [9.17, 15) is 18.9 Å². The fraction of sp³-hybridized carbons (Fsp3) is 0.333. The number of non-ortho nitro benzene ring substituents is 1. The molecule has 1 saturated carbocycles. The average molecular weight is 296 g/mol. The molecule has 0 bridgehead atoms. The van der Waals surface area contributed by atoms with Gasteiger partial charge in [-0.15, -0.1) is 0 Å². The number of hydrogen-bond acceptors (Lipinski definition) is 6. The van der Waals surface area contributed by atoms with Gasteiger partial charge in [-0.1, -0.05) is 5.16 Å². The van der Waals surface area contributed by atoms with Crippen molar-refractivity contribution in [2.24, 2.45) is 5.73 Å². The second-order valence-corrected chi connectivity index (χ2v) is 4.98. The van der Waals surface area contributed by atoms with E-state index in [-0.39, 0.29) is 11.7 Å². The van der Waals surface area contributed by atoms with Crippen LogP contribution >= 0.6 is 0 Å². The van der Waals surface area contributed by atoms with Crippen LogP contribution in [0.3, 0.4) is 0 Å². The highest BCUT2D eigenvalue weighted by atomic mass is 19.2. The van der Waals surface area contributed by atoms with Crippen LogP contribution < -0.4 is 5.73 Å². The number of halogens is 2. The average Bonchev–Trinajstić information content (AvgIpc) is 2.88. The van der Waals surface area contributed by atoms with Crippen molar-refractivity contribution in [3.05, 3.63) is 39.7 Å². The molecule has 1 aliphatic rings. The number of rotatable bonds is 3. The van der Waals surface area contributed by atoms with Gasteiger partial charge in [0, 0.05) is 6.07 Å². The Morgan fingerprint density at radius 1 is 1.38 bits per heavy atom. The maximum atomic E-state index is 13.8. The number of nitro groups is 1. The maximum absolute atomic E-state index is 13.8. The normalized spacial score (nSPS) is 16.5. The standard InChI is InChI=1S/C12H10F2N4O3/c13-8-5-6(18(19)20)4-7(9(8)14)10-16-11(17-21-10)12(15)2-1-3-12/h4-5H,1-3,15H2. The summed E-state index contributed by atoms with van der Waals surface area (Å²) in [5.41, 5.74) is 4.22. The minimum atomic E-state index is -1.36. The molecule has 0 aliphatic heterocycles. The molecule has 0 saturated heterocycles. The van der Waals surface area contributed by atoms with Gasteiger partial charge in [-0.05, 0) is 19.3 Å². The zero-order valence-corrected chi connectivity index (χ0v) is 10.7. The first-order chi connectivity index (χ1) is 9.90. The Morgan fingerprint density at radius 3 is 2.67 bits per heavy atom. The van der Waals surface area contributed by atoms with E-state index in [1.165, 1.54) is 0 Å². The lowest BCUT2D eigenvalue weighted by molar-refractivity contribution is -0.385. The van der Waals surface area contributed by atoms with E-state index >= 15 is 0 Å². The summed E-state index contributed by atoms with van der Waals surface area (Å²) < 4.78 is 32.1. The highest BCUT2D eigenvalue weighted by Crippen LogP contribution is 2.38. The van der Waals surface area contributed by atoms with E-state index in [1.807, 2.05) is 0 Å². The molecule has 0 radical (unpaired) electrons. The first-order valence-electron chi connectivity index (χ1n) is 6.17. The molecular weight excluding hydrogens is 286 g/mol. The predicted octanol–water partition coefficient (Wildman–Crippen LogP) is 2.26. The van der Waals surface area contributed by atoms with E-state index in [4.69, 9.17) is 10.3 Å². The Hall–Kier alpha value is -2.42. The fourth-order valence-electron chi connectivity index (χ4n) is 2.15. The van der Waals surface area contributed by atoms with Crippen LogP contribution in [0.5, 0.6) is 0 Å². The van der Waals surface area contributed by atoms with Crippen LogP contribution in [0.15, 0.2) is 16.7 Å². The van der Waals surface area contributed by atoms with Crippen molar-refractivity contribution in [1.82, 2.24) is 10.1 Å². The molecule has 1 aromatic carbocycles. The summed E-state index contributed by atoms with van der Waals surface area (Å²) in [6.07, 6.45) is 2.25. The molecule has 1 heterocycles. The van der Waals surface area contributed by atoms with Crippen molar-refractivity contribution in [2.75, 3.05) is 0 Å². The Balaban J connectivity index is 2.06. The molecule has 21 heavy (non-hydrogen) atoms. The van der Waals surface area contributed by atoms with E-state index in [0.29, 0.717) is 18.9 Å². The SMILES string of the molecule is NC1(c2noc(-c3cc([N+](=O)[O-])cc(F)c3F)n2)CCC1. The van der Waals surface area contributed by atoms with Crippen molar-refractivity contribution in [2.45, 2.75) is 24.8 Å². The van der Waals surface area contributed by atoms with Gasteiger partial charge in [-0.2, -0.15) is 4.98 Å². The van der Waals surface area contributed by atoms with Crippen LogP contribution in [0.4, 0.5) is 14.5 Å². The van der Waals surface area contributed by atoms with Crippen LogP contribution in [-0.2, 0) is 5.54 Å². The van der Waals surface area contributed by atoms with Crippen molar-refractivity contribution in [3.8, 4) is 11.5 Å². The van der Waals surface area contributed by atoms with Crippen molar-refractivity contribution in [1.29, 1.82) is 0 Å². The summed E-state index contributed by atoms with van der Waals surface area (Å²) in [4.78, 5) is 13.8. The molecule has 1 aliphatic carbocycles. The molecule has 2 aromatic rings. The summed E-state index contributed by atoms with van der Waals surface area (Å²) in [5.74, 6) is -2.78. The number of nitrogens with two attached hydrogens (primary N) is 1. The van der Waals surface area contributed by atoms with E-state index in [1.54, 1.807) is 0 Å². The van der Waals surface area contributed by atoms with Gasteiger partial charge in [0.25, 0.3) is 11.6 Å². The van der Waals surface area contributed by atoms with Gasteiger partial charge in [0.05, 0.1) is 22.1 Å². The van der Waals surface area contributed by atoms with E-state index < -0.39 is 33.3 Å². The number of nitrogens with zero attached hydrogens (tertiary/aromatic N) is 3. The van der Waals surface area contributed by atoms with Crippen molar-refractivity contribution >= 4 is 5.69 Å². The molecule has 0 unspecified atom stereocenters. The summed E-state index contributed by atoms with van der Waals surface area (Å²) >= 11 is 0. The number of nitro benzene ring substituents is 1. The number of benzene rings is 1. The first kappa shape index (κ1) is 13.6. The summed E-state index contributed by atoms with van der Waals surface area (Å²) in [6.45, 7) is 0. The van der Waals surface area contributed by atoms with E-state index in [0.717, 1.165) is 12.5 Å². The van der Waals surface area contributed by atoms with Crippen LogP contribution in [0.1, 0.15) is 25.1 Å². The fourth-order valence-corrected chi connectivity index (χ4v) is 2.15. The highest BCUT2D eigenvalue weighted by molar-refractivity contribution is 5.59. The third kappa shape index (κ3) is 2.15. The van der Waals surface area contributed by atoms with Crippen LogP contribution in [-0.4, -0.2) is 15.1 Å². The molecule has 3 rings (SSSR count). The van der Waals surface area contributed by atoms with Gasteiger partial charge in [0.1, 0.15) is 0 Å². The number of hydrogen-bond donors (Lipinski definition) is 1. The molecule has 0 amide bonds. The van der Waals surface area contributed by atoms with E-state index in [2.05, 4.69) is 10.1 Å². The largest absolute Gasteiger partial charge is 0.334 e. The second-order valence-electron chi connectivity index (χ2n) is 4.98. The topological polar surface area (TPSA) is 108 Å². The Morgan fingerprint density at radius 2 is 2.10 bits per heavy atom. The molecule has 0 spiro atoms. The van der Waals surface area contributed by atoms with Crippen molar-refractivity contribution < 1.29 is 18.2 Å². The lowest BCUT2D eigenvalue weighted by Gasteiger charge is -2.34. The monoisotopic (exact) mass is 296 g/mol. The van der Waals surface area contributed by atoms with Crippen LogP contribution in [0.2, 0.25) is 0 Å². The van der Waals surface area contributed by atoms with Gasteiger partial charge in [0.2, 0.25) is 0 Å². The predicted molar refractivity (Wildman–Crippen MR) is 66.0 cm³/mol. The van der Waals surface area contributed by atoms with Gasteiger partial charge in [0.15, 0.2) is 17.5 Å². The lowest BCUT2D eigenvalue weighted by Crippen LogP contribution is -2.44. The highest BCUT2D eigenvalue weighted by Gasteiger charge is 2.39. The lowest BCUT2D eigenvalue weighted by atomic mass is 9.77. The molecule has 2 N–H and O–H groups in total. The van der Waals surface area contributed by atoms with Crippen molar-refractivity contribution in [3.63, 3.8) is 0 Å². The summed E-state index contributed by atoms with van der Waals surface area (Å²) in [5, 5.41) is 14.4. The van der Waals surface area contributed by atoms with Gasteiger partial charge < -0.3 is 10.3 Å². The van der Waals surface area contributed by atoms with Gasteiger partial charge in [-0.3, -0.25) is 10.1 Å². The minimum Gasteiger partial charge on any atom is -0.334 e. The Bertz CT molecular complexity index is 727. The molecule has 1 aromatic heterocycles. The molecular formula is C12H10F2N4O3. The smallest absolute Gasteiger partial charge is 0.273 e. The maximum Gasteiger partial charge on any atom is 0.273 e. The molecule has 1 fully saturated rings. The molecule has 0 atom stereocenters. The van der Waals surface area contributed by atoms with Crippen LogP contribution in [0.25, 0.3) is 11.5 Å². The zero-order valence-electron chi connectivity index (χ0n) is 10.7. The zero-order chi connectivity index (χ0) is 15.2. The summed E-state index contributed by atoms with van der Waals surface area (Å²) in [7, 11) is 0. The second kappa shape index (κ2) is 4.55. The first-order valence-corrected chi connectivity index (χ1v) is 6.17. The Labute approximate surface area is 116 Å². The van der Waals surface area contributed by atoms with Crippen LogP contribution in [0, 0.1) is 21.7 Å². The molecule has 9 heteroatoms. The third-order valence-corrected chi connectivity index (χ3v) is 3.57. The summed E-state index contributed by atoms with van der Waals surface area (Å²) in [6, 6.07) is 1.34. The quantitative estimate of drug-likeness (QED) is 0.687. The van der Waals surface area contributed by atoms with Gasteiger partial charge >= 0.3 is 0 Å². The minimum absolute atomic E-state index is 0.190. The molecule has 7 nitrogen and oxygen atoms in total. The van der Waals surface area contributed by atoms with Gasteiger partial charge in [-0.25, -0.2) is 8.78 Å².